The fourth-order valence-corrected chi connectivity index (χ4v) is 2.90. The van der Waals surface area contributed by atoms with E-state index in [1.54, 1.807) is 0 Å². The van der Waals surface area contributed by atoms with Gasteiger partial charge in [0.05, 0.1) is 0 Å². The summed E-state index contributed by atoms with van der Waals surface area (Å²) in [5.41, 5.74) is 4.99. The van der Waals surface area contributed by atoms with Gasteiger partial charge in [-0.3, -0.25) is 9.59 Å². The van der Waals surface area contributed by atoms with Crippen molar-refractivity contribution in [2.45, 2.75) is 31.7 Å². The summed E-state index contributed by atoms with van der Waals surface area (Å²) in [4.78, 5) is 33.8. The molecule has 3 unspecified atom stereocenters. The number of amides is 2. The molecule has 2 aliphatic rings. The maximum atomic E-state index is 12.1. The molecule has 0 aromatic carbocycles. The van der Waals surface area contributed by atoms with Gasteiger partial charge < -0.3 is 16.2 Å². The van der Waals surface area contributed by atoms with Gasteiger partial charge in [-0.2, -0.15) is 0 Å². The molecular weight excluding hydrogens is 248 g/mol. The molecule has 6 heteroatoms. The number of primary amides is 1. The van der Waals surface area contributed by atoms with Gasteiger partial charge in [-0.25, -0.2) is 4.79 Å². The number of carbonyl (C=O) groups is 3. The molecule has 0 heterocycles. The van der Waals surface area contributed by atoms with Gasteiger partial charge in [0.1, 0.15) is 6.04 Å². The second-order valence-electron chi connectivity index (χ2n) is 5.29. The van der Waals surface area contributed by atoms with Crippen molar-refractivity contribution < 1.29 is 19.5 Å². The van der Waals surface area contributed by atoms with Crippen LogP contribution < -0.4 is 11.1 Å². The number of hydrogen-bond acceptors (Lipinski definition) is 3. The third kappa shape index (κ3) is 3.13. The molecule has 2 amide bonds. The van der Waals surface area contributed by atoms with Gasteiger partial charge in [0.2, 0.25) is 11.8 Å². The lowest BCUT2D eigenvalue weighted by Crippen LogP contribution is -2.44. The van der Waals surface area contributed by atoms with Crippen molar-refractivity contribution in [3.8, 4) is 0 Å². The maximum Gasteiger partial charge on any atom is 0.326 e. The standard InChI is InChI=1S/C13H18N2O4/c14-11(16)4-3-10(13(18)19)15-12(17)9-6-7-1-2-8(9)5-7/h1-2,7-10H,3-6H2,(H2,14,16)(H,15,17)(H,18,19)/t7?,8?,9?,10-/m0/s1. The average Bonchev–Trinajstić information content (AvgIpc) is 2.95. The molecule has 2 rings (SSSR count). The van der Waals surface area contributed by atoms with E-state index in [2.05, 4.69) is 11.4 Å². The molecule has 4 atom stereocenters. The van der Waals surface area contributed by atoms with E-state index in [-0.39, 0.29) is 30.6 Å². The molecule has 0 spiro atoms. The van der Waals surface area contributed by atoms with Crippen molar-refractivity contribution in [3.63, 3.8) is 0 Å². The molecule has 2 bridgehead atoms. The van der Waals surface area contributed by atoms with E-state index < -0.39 is 17.9 Å². The van der Waals surface area contributed by atoms with Crippen molar-refractivity contribution in [1.29, 1.82) is 0 Å². The number of nitrogens with one attached hydrogen (secondary N) is 1. The zero-order chi connectivity index (χ0) is 14.0. The first-order valence-corrected chi connectivity index (χ1v) is 6.47. The van der Waals surface area contributed by atoms with Crippen molar-refractivity contribution in [3.05, 3.63) is 12.2 Å². The quantitative estimate of drug-likeness (QED) is 0.589. The first-order chi connectivity index (χ1) is 8.97. The zero-order valence-electron chi connectivity index (χ0n) is 10.5. The van der Waals surface area contributed by atoms with Crippen LogP contribution in [0, 0.1) is 17.8 Å². The Hall–Kier alpha value is -1.85. The number of rotatable bonds is 6. The normalized spacial score (nSPS) is 29.2. The van der Waals surface area contributed by atoms with Crippen LogP contribution >= 0.6 is 0 Å². The first-order valence-electron chi connectivity index (χ1n) is 6.47. The summed E-state index contributed by atoms with van der Waals surface area (Å²) in [5, 5.41) is 11.5. The van der Waals surface area contributed by atoms with Gasteiger partial charge >= 0.3 is 5.97 Å². The SMILES string of the molecule is NC(=O)CC[C@H](NC(=O)C1CC2C=CC1C2)C(=O)O. The van der Waals surface area contributed by atoms with Gasteiger partial charge in [0.15, 0.2) is 0 Å². The van der Waals surface area contributed by atoms with Gasteiger partial charge in [-0.05, 0) is 31.1 Å². The fraction of sp³-hybridized carbons (Fsp3) is 0.615. The van der Waals surface area contributed by atoms with Crippen LogP contribution in [-0.2, 0) is 14.4 Å². The van der Waals surface area contributed by atoms with Gasteiger partial charge in [-0.15, -0.1) is 0 Å². The molecule has 104 valence electrons. The molecule has 1 fully saturated rings. The largest absolute Gasteiger partial charge is 0.480 e. The number of hydrogen-bond donors (Lipinski definition) is 3. The van der Waals surface area contributed by atoms with E-state index in [1.807, 2.05) is 6.08 Å². The summed E-state index contributed by atoms with van der Waals surface area (Å²) in [6.45, 7) is 0. The fourth-order valence-electron chi connectivity index (χ4n) is 2.90. The van der Waals surface area contributed by atoms with Crippen molar-refractivity contribution in [2.24, 2.45) is 23.5 Å². The number of carbonyl (C=O) groups excluding carboxylic acids is 2. The third-order valence-electron chi connectivity index (χ3n) is 3.91. The lowest BCUT2D eigenvalue weighted by molar-refractivity contribution is -0.143. The van der Waals surface area contributed by atoms with Gasteiger partial charge in [-0.1, -0.05) is 12.2 Å². The third-order valence-corrected chi connectivity index (χ3v) is 3.91. The Morgan fingerprint density at radius 3 is 2.53 bits per heavy atom. The minimum Gasteiger partial charge on any atom is -0.480 e. The zero-order valence-corrected chi connectivity index (χ0v) is 10.5. The Bertz CT molecular complexity index is 432. The second kappa shape index (κ2) is 5.42. The van der Waals surface area contributed by atoms with Crippen LogP contribution in [-0.4, -0.2) is 28.9 Å². The van der Waals surface area contributed by atoms with Crippen LogP contribution in [0.5, 0.6) is 0 Å². The van der Waals surface area contributed by atoms with Crippen molar-refractivity contribution in [2.75, 3.05) is 0 Å². The summed E-state index contributed by atoms with van der Waals surface area (Å²) >= 11 is 0. The predicted molar refractivity (Wildman–Crippen MR) is 66.8 cm³/mol. The van der Waals surface area contributed by atoms with Gasteiger partial charge in [0, 0.05) is 12.3 Å². The molecule has 2 aliphatic carbocycles. The van der Waals surface area contributed by atoms with E-state index in [9.17, 15) is 14.4 Å². The van der Waals surface area contributed by atoms with E-state index in [0.717, 1.165) is 12.8 Å². The van der Waals surface area contributed by atoms with E-state index in [4.69, 9.17) is 10.8 Å². The van der Waals surface area contributed by atoms with Crippen LogP contribution in [0.2, 0.25) is 0 Å². The number of carboxylic acid groups (broad SMARTS) is 1. The molecule has 0 aliphatic heterocycles. The monoisotopic (exact) mass is 266 g/mol. The second-order valence-corrected chi connectivity index (χ2v) is 5.29. The van der Waals surface area contributed by atoms with Crippen LogP contribution in [0.15, 0.2) is 12.2 Å². The van der Waals surface area contributed by atoms with Crippen molar-refractivity contribution in [1.82, 2.24) is 5.32 Å². The Morgan fingerprint density at radius 1 is 1.32 bits per heavy atom. The van der Waals surface area contributed by atoms with Crippen molar-refractivity contribution >= 4 is 17.8 Å². The summed E-state index contributed by atoms with van der Waals surface area (Å²) in [6.07, 6.45) is 5.92. The smallest absolute Gasteiger partial charge is 0.326 e. The molecule has 0 aromatic rings. The topological polar surface area (TPSA) is 109 Å². The molecule has 1 saturated carbocycles. The number of nitrogens with two attached hydrogens (primary N) is 1. The highest BCUT2D eigenvalue weighted by Crippen LogP contribution is 2.43. The van der Waals surface area contributed by atoms with Crippen LogP contribution in [0.3, 0.4) is 0 Å². The first kappa shape index (κ1) is 13.6. The van der Waals surface area contributed by atoms with E-state index in [0.29, 0.717) is 5.92 Å². The summed E-state index contributed by atoms with van der Waals surface area (Å²) < 4.78 is 0. The lowest BCUT2D eigenvalue weighted by Gasteiger charge is -2.20. The molecule has 0 aromatic heterocycles. The number of allylic oxidation sites excluding steroid dienone is 2. The molecule has 19 heavy (non-hydrogen) atoms. The summed E-state index contributed by atoms with van der Waals surface area (Å²) in [5.74, 6) is -1.37. The van der Waals surface area contributed by atoms with E-state index in [1.165, 1.54) is 0 Å². The summed E-state index contributed by atoms with van der Waals surface area (Å²) in [7, 11) is 0. The minimum absolute atomic E-state index is 0.0348. The molecule has 0 saturated heterocycles. The number of carboxylic acids is 1. The Balaban J connectivity index is 1.90. The maximum absolute atomic E-state index is 12.1. The minimum atomic E-state index is -1.13. The Morgan fingerprint density at radius 2 is 2.05 bits per heavy atom. The molecular formula is C13H18N2O4. The van der Waals surface area contributed by atoms with E-state index >= 15 is 0 Å². The van der Waals surface area contributed by atoms with Crippen LogP contribution in [0.25, 0.3) is 0 Å². The lowest BCUT2D eigenvalue weighted by atomic mass is 9.92. The number of aliphatic carboxylic acids is 1. The Kier molecular flexibility index (Phi) is 3.87. The molecule has 0 radical (unpaired) electrons. The highest BCUT2D eigenvalue weighted by molar-refractivity contribution is 5.86. The highest BCUT2D eigenvalue weighted by atomic mass is 16.4. The Labute approximate surface area is 111 Å². The van der Waals surface area contributed by atoms with Crippen LogP contribution in [0.1, 0.15) is 25.7 Å². The predicted octanol–water partition coefficient (Wildman–Crippen LogP) is 0.0335. The highest BCUT2D eigenvalue weighted by Gasteiger charge is 2.40. The average molecular weight is 266 g/mol. The van der Waals surface area contributed by atoms with Gasteiger partial charge in [0.25, 0.3) is 0 Å². The summed E-state index contributed by atoms with van der Waals surface area (Å²) in [6, 6.07) is -1.04. The molecule has 6 nitrogen and oxygen atoms in total. The van der Waals surface area contributed by atoms with Crippen LogP contribution in [0.4, 0.5) is 0 Å². The molecule has 4 N–H and O–H groups in total. The number of fused-ring (bicyclic) bond motifs is 2.